The Kier molecular flexibility index (Phi) is 14.0. The summed E-state index contributed by atoms with van der Waals surface area (Å²) in [5.41, 5.74) is 0. The van der Waals surface area contributed by atoms with Gasteiger partial charge in [0.25, 0.3) is 0 Å². The summed E-state index contributed by atoms with van der Waals surface area (Å²) in [6.07, 6.45) is 16.0. The average Bonchev–Trinajstić information content (AvgIpc) is 2.45. The number of esters is 1. The molecule has 128 valence electrons. The summed E-state index contributed by atoms with van der Waals surface area (Å²) in [6.45, 7) is 5.30. The number of allylic oxidation sites excluding steroid dienone is 2. The highest BCUT2D eigenvalue weighted by molar-refractivity contribution is 5.75. The summed E-state index contributed by atoms with van der Waals surface area (Å²) in [7, 11) is 0. The van der Waals surface area contributed by atoms with Crippen LogP contribution >= 0.6 is 0 Å². The van der Waals surface area contributed by atoms with Gasteiger partial charge in [-0.1, -0.05) is 38.3 Å². The highest BCUT2D eigenvalue weighted by Crippen LogP contribution is 2.13. The van der Waals surface area contributed by atoms with Gasteiger partial charge in [0.15, 0.2) is 0 Å². The van der Waals surface area contributed by atoms with Gasteiger partial charge in [0.2, 0.25) is 0 Å². The second-order valence-electron chi connectivity index (χ2n) is 6.08. The summed E-state index contributed by atoms with van der Waals surface area (Å²) in [4.78, 5) is 21.9. The van der Waals surface area contributed by atoms with Gasteiger partial charge >= 0.3 is 5.97 Å². The van der Waals surface area contributed by atoms with E-state index in [1.807, 2.05) is 0 Å². The maximum Gasteiger partial charge on any atom is 0.302 e. The molecule has 0 rings (SSSR count). The summed E-state index contributed by atoms with van der Waals surface area (Å²) in [6, 6.07) is 0. The number of Topliss-reactive ketones (excluding diaryl/α,β-unsaturated/α-hetero) is 1. The predicted molar refractivity (Wildman–Crippen MR) is 91.8 cm³/mol. The van der Waals surface area contributed by atoms with Crippen LogP contribution in [0.5, 0.6) is 0 Å². The van der Waals surface area contributed by atoms with Crippen molar-refractivity contribution in [3.8, 4) is 0 Å². The molecule has 0 aliphatic carbocycles. The smallest absolute Gasteiger partial charge is 0.302 e. The Bertz CT molecular complexity index is 321. The number of unbranched alkanes of at least 4 members (excludes halogenated alkanes) is 5. The first kappa shape index (κ1) is 20.9. The molecule has 3 heteroatoms. The van der Waals surface area contributed by atoms with Crippen LogP contribution in [-0.4, -0.2) is 17.9 Å². The minimum atomic E-state index is -0.165. The number of carbonyl (C=O) groups is 2. The largest absolute Gasteiger partial charge is 0.463 e. The number of ether oxygens (including phenoxy) is 1. The Morgan fingerprint density at radius 3 is 2.14 bits per heavy atom. The van der Waals surface area contributed by atoms with Crippen LogP contribution in [-0.2, 0) is 14.3 Å². The Morgan fingerprint density at radius 1 is 0.909 bits per heavy atom. The predicted octanol–water partition coefficient (Wildman–Crippen LogP) is 5.37. The van der Waals surface area contributed by atoms with E-state index < -0.39 is 0 Å². The van der Waals surface area contributed by atoms with E-state index in [2.05, 4.69) is 19.1 Å². The molecule has 0 saturated carbocycles. The van der Waals surface area contributed by atoms with Crippen LogP contribution in [0.15, 0.2) is 12.2 Å². The topological polar surface area (TPSA) is 43.4 Å². The molecule has 0 bridgehead atoms. The summed E-state index contributed by atoms with van der Waals surface area (Å²) >= 11 is 0. The Labute approximate surface area is 136 Å². The SMILES string of the molecule is CCCCC(CCC/C=C\CCCCCC(C)=O)OC(C)=O. The van der Waals surface area contributed by atoms with Crippen molar-refractivity contribution in [1.82, 2.24) is 0 Å². The first-order chi connectivity index (χ1) is 10.6. The van der Waals surface area contributed by atoms with E-state index in [9.17, 15) is 9.59 Å². The monoisotopic (exact) mass is 310 g/mol. The van der Waals surface area contributed by atoms with Crippen LogP contribution in [0.3, 0.4) is 0 Å². The van der Waals surface area contributed by atoms with E-state index in [0.29, 0.717) is 5.78 Å². The van der Waals surface area contributed by atoms with E-state index in [1.54, 1.807) is 6.92 Å². The molecule has 0 aliphatic rings. The van der Waals surface area contributed by atoms with Crippen LogP contribution in [0.25, 0.3) is 0 Å². The molecule has 0 aliphatic heterocycles. The molecule has 0 fully saturated rings. The van der Waals surface area contributed by atoms with Crippen molar-refractivity contribution < 1.29 is 14.3 Å². The molecule has 0 aromatic carbocycles. The van der Waals surface area contributed by atoms with Crippen LogP contribution in [0.4, 0.5) is 0 Å². The van der Waals surface area contributed by atoms with Gasteiger partial charge in [-0.15, -0.1) is 0 Å². The lowest BCUT2D eigenvalue weighted by atomic mass is 10.1. The molecule has 0 saturated heterocycles. The molecule has 0 amide bonds. The first-order valence-electron chi connectivity index (χ1n) is 8.88. The van der Waals surface area contributed by atoms with Gasteiger partial charge in [-0.25, -0.2) is 0 Å². The minimum Gasteiger partial charge on any atom is -0.463 e. The fraction of sp³-hybridized carbons (Fsp3) is 0.789. The Balaban J connectivity index is 3.59. The Hall–Kier alpha value is -1.12. The molecule has 1 atom stereocenters. The maximum absolute atomic E-state index is 11.1. The van der Waals surface area contributed by atoms with E-state index in [1.165, 1.54) is 6.92 Å². The van der Waals surface area contributed by atoms with Crippen LogP contribution in [0, 0.1) is 0 Å². The quantitative estimate of drug-likeness (QED) is 0.246. The van der Waals surface area contributed by atoms with Gasteiger partial charge in [0, 0.05) is 13.3 Å². The number of rotatable bonds is 14. The number of ketones is 1. The molecule has 0 radical (unpaired) electrons. The molecular formula is C19H34O3. The number of hydrogen-bond donors (Lipinski definition) is 0. The zero-order valence-corrected chi connectivity index (χ0v) is 14.7. The molecular weight excluding hydrogens is 276 g/mol. The molecule has 1 unspecified atom stereocenters. The normalized spacial score (nSPS) is 12.5. The fourth-order valence-corrected chi connectivity index (χ4v) is 2.44. The van der Waals surface area contributed by atoms with Crippen molar-refractivity contribution >= 4 is 11.8 Å². The number of carbonyl (C=O) groups excluding carboxylic acids is 2. The zero-order chi connectivity index (χ0) is 16.6. The zero-order valence-electron chi connectivity index (χ0n) is 14.7. The van der Waals surface area contributed by atoms with Crippen molar-refractivity contribution in [3.63, 3.8) is 0 Å². The standard InChI is InChI=1S/C19H34O3/c1-4-5-15-19(22-18(3)21)16-13-11-9-7-6-8-10-12-14-17(2)20/h7,9,19H,4-6,8,10-16H2,1-3H3/b9-7-. The van der Waals surface area contributed by atoms with Crippen LogP contribution < -0.4 is 0 Å². The van der Waals surface area contributed by atoms with Crippen molar-refractivity contribution in [2.24, 2.45) is 0 Å². The molecule has 22 heavy (non-hydrogen) atoms. The van der Waals surface area contributed by atoms with Gasteiger partial charge in [-0.05, 0) is 51.9 Å². The van der Waals surface area contributed by atoms with Crippen molar-refractivity contribution in [1.29, 1.82) is 0 Å². The van der Waals surface area contributed by atoms with Gasteiger partial charge < -0.3 is 9.53 Å². The van der Waals surface area contributed by atoms with Crippen LogP contribution in [0.1, 0.15) is 91.4 Å². The third kappa shape index (κ3) is 15.3. The molecule has 0 spiro atoms. The second-order valence-corrected chi connectivity index (χ2v) is 6.08. The third-order valence-electron chi connectivity index (χ3n) is 3.68. The highest BCUT2D eigenvalue weighted by atomic mass is 16.5. The average molecular weight is 310 g/mol. The third-order valence-corrected chi connectivity index (χ3v) is 3.68. The van der Waals surface area contributed by atoms with E-state index in [4.69, 9.17) is 4.74 Å². The summed E-state index contributed by atoms with van der Waals surface area (Å²) < 4.78 is 5.35. The molecule has 0 N–H and O–H groups in total. The Morgan fingerprint density at radius 2 is 1.55 bits per heavy atom. The first-order valence-corrected chi connectivity index (χ1v) is 8.88. The van der Waals surface area contributed by atoms with Crippen molar-refractivity contribution in [3.05, 3.63) is 12.2 Å². The molecule has 0 aromatic rings. The second kappa shape index (κ2) is 14.8. The fourth-order valence-electron chi connectivity index (χ4n) is 2.44. The summed E-state index contributed by atoms with van der Waals surface area (Å²) in [5, 5.41) is 0. The van der Waals surface area contributed by atoms with E-state index >= 15 is 0 Å². The highest BCUT2D eigenvalue weighted by Gasteiger charge is 2.10. The van der Waals surface area contributed by atoms with E-state index in [-0.39, 0.29) is 12.1 Å². The van der Waals surface area contributed by atoms with Gasteiger partial charge in [0.05, 0.1) is 0 Å². The minimum absolute atomic E-state index is 0.0948. The lowest BCUT2D eigenvalue weighted by Crippen LogP contribution is -2.16. The molecule has 0 heterocycles. The van der Waals surface area contributed by atoms with Gasteiger partial charge in [0.1, 0.15) is 11.9 Å². The van der Waals surface area contributed by atoms with Gasteiger partial charge in [-0.2, -0.15) is 0 Å². The van der Waals surface area contributed by atoms with Crippen LogP contribution in [0.2, 0.25) is 0 Å². The molecule has 3 nitrogen and oxygen atoms in total. The molecule has 0 aromatic heterocycles. The van der Waals surface area contributed by atoms with Gasteiger partial charge in [-0.3, -0.25) is 4.79 Å². The summed E-state index contributed by atoms with van der Waals surface area (Å²) in [5.74, 6) is 0.128. The van der Waals surface area contributed by atoms with E-state index in [0.717, 1.165) is 70.6 Å². The maximum atomic E-state index is 11.1. The van der Waals surface area contributed by atoms with Crippen molar-refractivity contribution in [2.75, 3.05) is 0 Å². The van der Waals surface area contributed by atoms with Crippen molar-refractivity contribution in [2.45, 2.75) is 97.5 Å². The lowest BCUT2D eigenvalue weighted by Gasteiger charge is -2.16. The lowest BCUT2D eigenvalue weighted by molar-refractivity contribution is -0.147. The number of hydrogen-bond acceptors (Lipinski definition) is 3.